The Bertz CT molecular complexity index is 293. The van der Waals surface area contributed by atoms with E-state index >= 15 is 0 Å². The molecule has 0 bridgehead atoms. The van der Waals surface area contributed by atoms with Crippen molar-refractivity contribution in [1.82, 2.24) is 20.8 Å². The standard InChI is InChI=1S/C10H18N4O/c1-11-7-10-13-9(14-15-10)6-8-4-2-3-5-12-8/h8,11-12H,2-7H2,1H3. The maximum Gasteiger partial charge on any atom is 0.240 e. The second-order valence-corrected chi connectivity index (χ2v) is 3.99. The van der Waals surface area contributed by atoms with Gasteiger partial charge in [-0.25, -0.2) is 0 Å². The SMILES string of the molecule is CNCc1nc(CC2CCCCN2)no1. The first-order chi connectivity index (χ1) is 7.38. The number of nitrogens with zero attached hydrogens (tertiary/aromatic N) is 2. The lowest BCUT2D eigenvalue weighted by atomic mass is 10.0. The van der Waals surface area contributed by atoms with Gasteiger partial charge >= 0.3 is 0 Å². The van der Waals surface area contributed by atoms with Crippen LogP contribution in [0.25, 0.3) is 0 Å². The fourth-order valence-electron chi connectivity index (χ4n) is 1.91. The fourth-order valence-corrected chi connectivity index (χ4v) is 1.91. The number of rotatable bonds is 4. The Balaban J connectivity index is 1.86. The molecular weight excluding hydrogens is 192 g/mol. The van der Waals surface area contributed by atoms with Crippen LogP contribution in [-0.4, -0.2) is 29.8 Å². The zero-order valence-electron chi connectivity index (χ0n) is 9.12. The van der Waals surface area contributed by atoms with E-state index in [9.17, 15) is 0 Å². The van der Waals surface area contributed by atoms with Crippen LogP contribution in [-0.2, 0) is 13.0 Å². The van der Waals surface area contributed by atoms with Crippen LogP contribution in [0.15, 0.2) is 4.52 Å². The van der Waals surface area contributed by atoms with Crippen LogP contribution in [0.1, 0.15) is 31.0 Å². The number of hydrogen-bond acceptors (Lipinski definition) is 5. The molecule has 0 aliphatic carbocycles. The highest BCUT2D eigenvalue weighted by Crippen LogP contribution is 2.10. The number of piperidine rings is 1. The van der Waals surface area contributed by atoms with Gasteiger partial charge in [0.25, 0.3) is 0 Å². The molecule has 1 fully saturated rings. The van der Waals surface area contributed by atoms with Crippen molar-refractivity contribution in [3.05, 3.63) is 11.7 Å². The van der Waals surface area contributed by atoms with Crippen LogP contribution < -0.4 is 10.6 Å². The highest BCUT2D eigenvalue weighted by molar-refractivity contribution is 4.91. The van der Waals surface area contributed by atoms with Crippen LogP contribution in [0.4, 0.5) is 0 Å². The largest absolute Gasteiger partial charge is 0.338 e. The van der Waals surface area contributed by atoms with Crippen LogP contribution in [0.3, 0.4) is 0 Å². The summed E-state index contributed by atoms with van der Waals surface area (Å²) < 4.78 is 5.10. The summed E-state index contributed by atoms with van der Waals surface area (Å²) in [5, 5.41) is 10.4. The van der Waals surface area contributed by atoms with Gasteiger partial charge in [-0.15, -0.1) is 0 Å². The quantitative estimate of drug-likeness (QED) is 0.756. The van der Waals surface area contributed by atoms with Gasteiger partial charge in [-0.3, -0.25) is 0 Å². The summed E-state index contributed by atoms with van der Waals surface area (Å²) in [6.07, 6.45) is 4.69. The zero-order chi connectivity index (χ0) is 10.5. The Labute approximate surface area is 89.6 Å². The monoisotopic (exact) mass is 210 g/mol. The van der Waals surface area contributed by atoms with Crippen molar-refractivity contribution in [2.45, 2.75) is 38.3 Å². The van der Waals surface area contributed by atoms with Gasteiger partial charge in [0, 0.05) is 12.5 Å². The molecule has 1 unspecified atom stereocenters. The van der Waals surface area contributed by atoms with E-state index in [1.807, 2.05) is 7.05 Å². The lowest BCUT2D eigenvalue weighted by molar-refractivity contribution is 0.356. The molecule has 0 saturated carbocycles. The maximum absolute atomic E-state index is 5.10. The van der Waals surface area contributed by atoms with Gasteiger partial charge in [0.05, 0.1) is 6.54 Å². The predicted molar refractivity (Wildman–Crippen MR) is 56.4 cm³/mol. The molecule has 5 heteroatoms. The molecule has 0 radical (unpaired) electrons. The Morgan fingerprint density at radius 3 is 3.20 bits per heavy atom. The third-order valence-corrected chi connectivity index (χ3v) is 2.68. The van der Waals surface area contributed by atoms with Gasteiger partial charge in [0.1, 0.15) is 0 Å². The van der Waals surface area contributed by atoms with Crippen molar-refractivity contribution >= 4 is 0 Å². The van der Waals surface area contributed by atoms with Crippen molar-refractivity contribution in [2.24, 2.45) is 0 Å². The van der Waals surface area contributed by atoms with Crippen LogP contribution in [0, 0.1) is 0 Å². The molecule has 15 heavy (non-hydrogen) atoms. The second-order valence-electron chi connectivity index (χ2n) is 3.99. The predicted octanol–water partition coefficient (Wildman–Crippen LogP) is 0.474. The van der Waals surface area contributed by atoms with Crippen LogP contribution in [0.5, 0.6) is 0 Å². The molecule has 5 nitrogen and oxygen atoms in total. The van der Waals surface area contributed by atoms with E-state index in [1.165, 1.54) is 19.3 Å². The number of nitrogens with one attached hydrogen (secondary N) is 2. The van der Waals surface area contributed by atoms with E-state index in [0.29, 0.717) is 18.5 Å². The Morgan fingerprint density at radius 1 is 1.53 bits per heavy atom. The zero-order valence-corrected chi connectivity index (χ0v) is 9.12. The van der Waals surface area contributed by atoms with Gasteiger partial charge in [-0.1, -0.05) is 11.6 Å². The van der Waals surface area contributed by atoms with Crippen molar-refractivity contribution < 1.29 is 4.52 Å². The first kappa shape index (κ1) is 10.6. The van der Waals surface area contributed by atoms with Gasteiger partial charge in [-0.05, 0) is 26.4 Å². The van der Waals surface area contributed by atoms with Gasteiger partial charge in [-0.2, -0.15) is 4.98 Å². The van der Waals surface area contributed by atoms with Crippen molar-refractivity contribution in [3.63, 3.8) is 0 Å². The molecule has 0 amide bonds. The second kappa shape index (κ2) is 5.23. The minimum absolute atomic E-state index is 0.527. The number of hydrogen-bond donors (Lipinski definition) is 2. The smallest absolute Gasteiger partial charge is 0.240 e. The average molecular weight is 210 g/mol. The summed E-state index contributed by atoms with van der Waals surface area (Å²) in [6.45, 7) is 1.76. The van der Waals surface area contributed by atoms with Gasteiger partial charge in [0.2, 0.25) is 5.89 Å². The minimum Gasteiger partial charge on any atom is -0.338 e. The summed E-state index contributed by atoms with van der Waals surface area (Å²) in [7, 11) is 1.87. The Morgan fingerprint density at radius 2 is 2.47 bits per heavy atom. The van der Waals surface area contributed by atoms with E-state index in [2.05, 4.69) is 20.8 Å². The first-order valence-electron chi connectivity index (χ1n) is 5.58. The summed E-state index contributed by atoms with van der Waals surface area (Å²) in [5.41, 5.74) is 0. The van der Waals surface area contributed by atoms with Crippen molar-refractivity contribution in [1.29, 1.82) is 0 Å². The first-order valence-corrected chi connectivity index (χ1v) is 5.58. The van der Waals surface area contributed by atoms with E-state index in [4.69, 9.17) is 4.52 Å². The van der Waals surface area contributed by atoms with Crippen LogP contribution in [0.2, 0.25) is 0 Å². The normalized spacial score (nSPS) is 21.8. The molecular formula is C10H18N4O. The van der Waals surface area contributed by atoms with Crippen molar-refractivity contribution in [3.8, 4) is 0 Å². The summed E-state index contributed by atoms with van der Waals surface area (Å²) in [6, 6.07) is 0.527. The minimum atomic E-state index is 0.527. The topological polar surface area (TPSA) is 63.0 Å². The summed E-state index contributed by atoms with van der Waals surface area (Å²) in [4.78, 5) is 4.31. The molecule has 2 rings (SSSR count). The summed E-state index contributed by atoms with van der Waals surface area (Å²) >= 11 is 0. The van der Waals surface area contributed by atoms with E-state index in [-0.39, 0.29) is 0 Å². The van der Waals surface area contributed by atoms with Gasteiger partial charge in [0.15, 0.2) is 5.82 Å². The molecule has 1 aromatic heterocycles. The molecule has 1 saturated heterocycles. The third kappa shape index (κ3) is 3.00. The maximum atomic E-state index is 5.10. The Kier molecular flexibility index (Phi) is 3.69. The molecule has 1 aliphatic heterocycles. The lowest BCUT2D eigenvalue weighted by Crippen LogP contribution is -2.35. The molecule has 84 valence electrons. The molecule has 1 aromatic rings. The third-order valence-electron chi connectivity index (χ3n) is 2.68. The van der Waals surface area contributed by atoms with E-state index < -0.39 is 0 Å². The fraction of sp³-hybridized carbons (Fsp3) is 0.800. The molecule has 1 atom stereocenters. The molecule has 0 aromatic carbocycles. The van der Waals surface area contributed by atoms with Crippen LogP contribution >= 0.6 is 0 Å². The highest BCUT2D eigenvalue weighted by Gasteiger charge is 2.16. The molecule has 2 heterocycles. The van der Waals surface area contributed by atoms with Crippen molar-refractivity contribution in [2.75, 3.05) is 13.6 Å². The molecule has 2 N–H and O–H groups in total. The Hall–Kier alpha value is -0.940. The summed E-state index contributed by atoms with van der Waals surface area (Å²) in [5.74, 6) is 1.49. The van der Waals surface area contributed by atoms with Gasteiger partial charge < -0.3 is 15.2 Å². The number of aromatic nitrogens is 2. The molecule has 0 spiro atoms. The molecule has 1 aliphatic rings. The van der Waals surface area contributed by atoms with E-state index in [1.54, 1.807) is 0 Å². The highest BCUT2D eigenvalue weighted by atomic mass is 16.5. The van der Waals surface area contributed by atoms with E-state index in [0.717, 1.165) is 18.8 Å². The average Bonchev–Trinajstić information content (AvgIpc) is 2.68. The lowest BCUT2D eigenvalue weighted by Gasteiger charge is -2.21.